The molecule has 0 aromatic heterocycles. The van der Waals surface area contributed by atoms with Gasteiger partial charge in [0.1, 0.15) is 5.82 Å². The highest BCUT2D eigenvalue weighted by molar-refractivity contribution is 7.60. The molecule has 0 amide bonds. The number of allylic oxidation sites excluding steroid dienone is 2. The van der Waals surface area contributed by atoms with Crippen LogP contribution < -0.4 is 9.80 Å². The molecule has 3 saturated carbocycles. The van der Waals surface area contributed by atoms with Gasteiger partial charge in [0, 0.05) is 25.3 Å². The lowest BCUT2D eigenvalue weighted by atomic mass is 9.87. The standard InChI is InChI=1S/C34H45N2P/c1-35-30-22-12-13-23-31(30)36(2)34(35)33-27(25-26-15-6-3-7-16-26)17-14-24-32(33)37(28-18-8-4-9-19-28)29-20-10-5-11-21-29/h3,6-7,12-13,15-16,22-23,25,28-29,32H,4-5,8-11,14,17-21,24H2,1-2H3. The van der Waals surface area contributed by atoms with Crippen molar-refractivity contribution in [1.82, 2.24) is 0 Å². The van der Waals surface area contributed by atoms with Crippen molar-refractivity contribution in [3.63, 3.8) is 0 Å². The van der Waals surface area contributed by atoms with Crippen molar-refractivity contribution >= 4 is 25.4 Å². The Labute approximate surface area is 226 Å². The summed E-state index contributed by atoms with van der Waals surface area (Å²) in [5, 5.41) is 0. The van der Waals surface area contributed by atoms with Crippen LogP contribution in [0.4, 0.5) is 11.4 Å². The lowest BCUT2D eigenvalue weighted by molar-refractivity contribution is 0.479. The van der Waals surface area contributed by atoms with Gasteiger partial charge in [0.05, 0.1) is 11.4 Å². The number of nitrogens with zero attached hydrogens (tertiary/aromatic N) is 2. The Hall–Kier alpha value is -2.05. The molecule has 6 rings (SSSR count). The maximum absolute atomic E-state index is 2.55. The van der Waals surface area contributed by atoms with Gasteiger partial charge in [0.15, 0.2) is 0 Å². The van der Waals surface area contributed by atoms with Gasteiger partial charge in [-0.05, 0) is 79.5 Å². The molecule has 1 atom stereocenters. The fourth-order valence-electron chi connectivity index (χ4n) is 7.88. The van der Waals surface area contributed by atoms with Crippen LogP contribution in [0.25, 0.3) is 6.08 Å². The highest BCUT2D eigenvalue weighted by atomic mass is 31.1. The molecular weight excluding hydrogens is 467 g/mol. The van der Waals surface area contributed by atoms with Crippen LogP contribution in [0, 0.1) is 0 Å². The molecule has 0 bridgehead atoms. The van der Waals surface area contributed by atoms with Crippen LogP contribution in [0.1, 0.15) is 89.0 Å². The molecule has 2 nitrogen and oxygen atoms in total. The van der Waals surface area contributed by atoms with Crippen molar-refractivity contribution in [3.05, 3.63) is 77.1 Å². The third kappa shape index (κ3) is 5.04. The van der Waals surface area contributed by atoms with E-state index in [9.17, 15) is 0 Å². The van der Waals surface area contributed by atoms with Gasteiger partial charge in [-0.3, -0.25) is 0 Å². The second-order valence-electron chi connectivity index (χ2n) is 11.9. The van der Waals surface area contributed by atoms with E-state index in [0.29, 0.717) is 0 Å². The Kier molecular flexibility index (Phi) is 7.75. The minimum Gasteiger partial charge on any atom is -0.329 e. The second-order valence-corrected chi connectivity index (χ2v) is 14.8. The molecule has 1 unspecified atom stereocenters. The highest BCUT2D eigenvalue weighted by Crippen LogP contribution is 2.64. The summed E-state index contributed by atoms with van der Waals surface area (Å²) < 4.78 is 0. The summed E-state index contributed by atoms with van der Waals surface area (Å²) in [5.74, 6) is 1.47. The van der Waals surface area contributed by atoms with E-state index in [2.05, 4.69) is 84.6 Å². The first kappa shape index (κ1) is 25.2. The Bertz CT molecular complexity index is 1070. The number of para-hydroxylation sites is 2. The zero-order chi connectivity index (χ0) is 25.2. The molecule has 2 aromatic rings. The summed E-state index contributed by atoms with van der Waals surface area (Å²) in [6.45, 7) is 0. The molecule has 3 fully saturated rings. The van der Waals surface area contributed by atoms with E-state index in [4.69, 9.17) is 0 Å². The normalized spacial score (nSPS) is 24.8. The summed E-state index contributed by atoms with van der Waals surface area (Å²) in [6.07, 6.45) is 21.2. The lowest BCUT2D eigenvalue weighted by Crippen LogP contribution is -2.34. The van der Waals surface area contributed by atoms with E-state index in [1.807, 2.05) is 0 Å². The Morgan fingerprint density at radius 2 is 1.19 bits per heavy atom. The van der Waals surface area contributed by atoms with E-state index in [0.717, 1.165) is 17.0 Å². The van der Waals surface area contributed by atoms with Crippen molar-refractivity contribution in [1.29, 1.82) is 0 Å². The first-order chi connectivity index (χ1) is 18.2. The predicted octanol–water partition coefficient (Wildman–Crippen LogP) is 9.57. The molecule has 3 aliphatic carbocycles. The Balaban J connectivity index is 1.50. The van der Waals surface area contributed by atoms with Crippen molar-refractivity contribution in [2.45, 2.75) is 100 Å². The van der Waals surface area contributed by atoms with Crippen molar-refractivity contribution in [2.75, 3.05) is 23.9 Å². The summed E-state index contributed by atoms with van der Waals surface area (Å²) in [7, 11) is 4.60. The van der Waals surface area contributed by atoms with Gasteiger partial charge in [0.2, 0.25) is 0 Å². The zero-order valence-electron chi connectivity index (χ0n) is 23.0. The van der Waals surface area contributed by atoms with Gasteiger partial charge in [-0.1, -0.05) is 95.0 Å². The van der Waals surface area contributed by atoms with Gasteiger partial charge in [-0.2, -0.15) is 0 Å². The topological polar surface area (TPSA) is 6.48 Å². The van der Waals surface area contributed by atoms with Gasteiger partial charge in [-0.25, -0.2) is 0 Å². The maximum atomic E-state index is 2.55. The van der Waals surface area contributed by atoms with E-state index in [1.54, 1.807) is 11.1 Å². The summed E-state index contributed by atoms with van der Waals surface area (Å²) in [4.78, 5) is 5.05. The Morgan fingerprint density at radius 3 is 1.76 bits per heavy atom. The Morgan fingerprint density at radius 1 is 0.649 bits per heavy atom. The third-order valence-corrected chi connectivity index (χ3v) is 13.5. The average Bonchev–Trinajstić information content (AvgIpc) is 3.20. The minimum absolute atomic E-state index is 0.0379. The molecule has 0 radical (unpaired) electrons. The maximum Gasteiger partial charge on any atom is 0.117 e. The molecular formula is C34H45N2P. The molecule has 3 heteroatoms. The largest absolute Gasteiger partial charge is 0.329 e. The van der Waals surface area contributed by atoms with Crippen LogP contribution in [0.15, 0.2) is 71.6 Å². The third-order valence-electron chi connectivity index (χ3n) is 9.58. The monoisotopic (exact) mass is 512 g/mol. The van der Waals surface area contributed by atoms with Crippen LogP contribution in [0.3, 0.4) is 0 Å². The number of rotatable bonds is 4. The molecule has 37 heavy (non-hydrogen) atoms. The van der Waals surface area contributed by atoms with E-state index < -0.39 is 0 Å². The lowest BCUT2D eigenvalue weighted by Gasteiger charge is -2.46. The second kappa shape index (κ2) is 11.4. The smallest absolute Gasteiger partial charge is 0.117 e. The molecule has 4 aliphatic rings. The van der Waals surface area contributed by atoms with Crippen LogP contribution in [-0.2, 0) is 0 Å². The van der Waals surface area contributed by atoms with Crippen LogP contribution in [0.5, 0.6) is 0 Å². The molecule has 2 aromatic carbocycles. The van der Waals surface area contributed by atoms with Gasteiger partial charge >= 0.3 is 0 Å². The zero-order valence-corrected chi connectivity index (χ0v) is 23.9. The van der Waals surface area contributed by atoms with E-state index >= 15 is 0 Å². The van der Waals surface area contributed by atoms with Crippen LogP contribution in [0.2, 0.25) is 0 Å². The van der Waals surface area contributed by atoms with Gasteiger partial charge in [-0.15, -0.1) is 0 Å². The van der Waals surface area contributed by atoms with Crippen LogP contribution >= 0.6 is 7.92 Å². The highest BCUT2D eigenvalue weighted by Gasteiger charge is 2.43. The molecule has 0 saturated heterocycles. The fourth-order valence-corrected chi connectivity index (χ4v) is 12.5. The molecule has 1 aliphatic heterocycles. The van der Waals surface area contributed by atoms with Crippen molar-refractivity contribution in [3.8, 4) is 0 Å². The van der Waals surface area contributed by atoms with Gasteiger partial charge < -0.3 is 9.80 Å². The number of hydrogen-bond donors (Lipinski definition) is 0. The molecule has 0 N–H and O–H groups in total. The summed E-state index contributed by atoms with van der Waals surface area (Å²) in [6, 6.07) is 20.1. The summed E-state index contributed by atoms with van der Waals surface area (Å²) >= 11 is 0. The number of hydrogen-bond acceptors (Lipinski definition) is 2. The molecule has 0 spiro atoms. The SMILES string of the molecule is CN1C(=C2C(=Cc3ccccc3)CCCC2P(C2CCCCC2)C2CCCCC2)N(C)c2ccccc21. The van der Waals surface area contributed by atoms with E-state index in [1.165, 1.54) is 106 Å². The van der Waals surface area contributed by atoms with Crippen molar-refractivity contribution in [2.24, 2.45) is 0 Å². The van der Waals surface area contributed by atoms with Crippen LogP contribution in [-0.4, -0.2) is 31.1 Å². The first-order valence-electron chi connectivity index (χ1n) is 15.1. The molecule has 196 valence electrons. The number of benzene rings is 2. The first-order valence-corrected chi connectivity index (χ1v) is 16.6. The average molecular weight is 513 g/mol. The minimum atomic E-state index is -0.0379. The number of anilines is 2. The quantitative estimate of drug-likeness (QED) is 0.376. The predicted molar refractivity (Wildman–Crippen MR) is 163 cm³/mol. The molecule has 1 heterocycles. The van der Waals surface area contributed by atoms with Gasteiger partial charge in [0.25, 0.3) is 0 Å². The number of fused-ring (bicyclic) bond motifs is 1. The fraction of sp³-hybridized carbons (Fsp3) is 0.529. The van der Waals surface area contributed by atoms with E-state index in [-0.39, 0.29) is 7.92 Å². The van der Waals surface area contributed by atoms with Crippen molar-refractivity contribution < 1.29 is 0 Å². The summed E-state index contributed by atoms with van der Waals surface area (Å²) in [5.41, 5.74) is 10.1.